The zero-order chi connectivity index (χ0) is 12.4. The Balaban J connectivity index is 2.28. The van der Waals surface area contributed by atoms with Crippen LogP contribution >= 0.6 is 0 Å². The van der Waals surface area contributed by atoms with Gasteiger partial charge in [0, 0.05) is 11.6 Å². The maximum Gasteiger partial charge on any atom is 0.221 e. The minimum atomic E-state index is -0.652. The maximum absolute atomic E-state index is 12.9. The van der Waals surface area contributed by atoms with E-state index in [2.05, 4.69) is 10.1 Å². The summed E-state index contributed by atoms with van der Waals surface area (Å²) < 4.78 is 27.1. The van der Waals surface area contributed by atoms with E-state index in [1.54, 1.807) is 13.1 Å². The van der Waals surface area contributed by atoms with Gasteiger partial charge < -0.3 is 5.73 Å². The SMILES string of the molecule is Cc1cn(N=Cc2cc(F)cc(F)c2)c(N)n1. The van der Waals surface area contributed by atoms with Gasteiger partial charge >= 0.3 is 0 Å². The molecule has 0 radical (unpaired) electrons. The van der Waals surface area contributed by atoms with E-state index < -0.39 is 11.6 Å². The highest BCUT2D eigenvalue weighted by molar-refractivity contribution is 5.79. The standard InChI is InChI=1S/C11H10F2N4/c1-7-6-17(11(14)16-7)15-5-8-2-9(12)4-10(13)3-8/h2-6H,1H3,(H2,14,16). The van der Waals surface area contributed by atoms with Crippen LogP contribution in [0, 0.1) is 18.6 Å². The predicted molar refractivity (Wildman–Crippen MR) is 60.7 cm³/mol. The first-order valence-electron chi connectivity index (χ1n) is 4.86. The lowest BCUT2D eigenvalue weighted by Gasteiger charge is -1.96. The van der Waals surface area contributed by atoms with Crippen LogP contribution in [0.3, 0.4) is 0 Å². The minimum absolute atomic E-state index is 0.218. The summed E-state index contributed by atoms with van der Waals surface area (Å²) in [6.07, 6.45) is 2.92. The van der Waals surface area contributed by atoms with Crippen LogP contribution in [0.1, 0.15) is 11.3 Å². The Hall–Kier alpha value is -2.24. The number of hydrogen-bond donors (Lipinski definition) is 1. The van der Waals surface area contributed by atoms with Crippen molar-refractivity contribution in [1.82, 2.24) is 9.66 Å². The van der Waals surface area contributed by atoms with Crippen molar-refractivity contribution in [1.29, 1.82) is 0 Å². The van der Waals surface area contributed by atoms with Gasteiger partial charge in [-0.3, -0.25) is 0 Å². The van der Waals surface area contributed by atoms with Gasteiger partial charge in [0.1, 0.15) is 11.6 Å². The molecule has 0 spiro atoms. The first-order valence-corrected chi connectivity index (χ1v) is 4.86. The van der Waals surface area contributed by atoms with Crippen LogP contribution in [-0.2, 0) is 0 Å². The Morgan fingerprint density at radius 2 is 1.94 bits per heavy atom. The van der Waals surface area contributed by atoms with E-state index in [1.165, 1.54) is 23.0 Å². The second-order valence-corrected chi connectivity index (χ2v) is 3.53. The van der Waals surface area contributed by atoms with E-state index in [0.717, 1.165) is 6.07 Å². The summed E-state index contributed by atoms with van der Waals surface area (Å²) in [6.45, 7) is 1.77. The molecule has 0 unspecified atom stereocenters. The van der Waals surface area contributed by atoms with Gasteiger partial charge in [0.25, 0.3) is 0 Å². The maximum atomic E-state index is 12.9. The molecule has 0 atom stereocenters. The van der Waals surface area contributed by atoms with Crippen molar-refractivity contribution in [3.05, 3.63) is 47.3 Å². The van der Waals surface area contributed by atoms with Crippen molar-refractivity contribution >= 4 is 12.2 Å². The monoisotopic (exact) mass is 236 g/mol. The molecule has 1 heterocycles. The highest BCUT2D eigenvalue weighted by atomic mass is 19.1. The molecule has 1 aromatic heterocycles. The Bertz CT molecular complexity index is 555. The average Bonchev–Trinajstić information content (AvgIpc) is 2.53. The van der Waals surface area contributed by atoms with E-state index in [4.69, 9.17) is 5.73 Å². The van der Waals surface area contributed by atoms with Crippen LogP contribution in [0.25, 0.3) is 0 Å². The van der Waals surface area contributed by atoms with Gasteiger partial charge in [-0.15, -0.1) is 0 Å². The summed E-state index contributed by atoms with van der Waals surface area (Å²) in [4.78, 5) is 3.94. The van der Waals surface area contributed by atoms with Crippen molar-refractivity contribution in [2.75, 3.05) is 5.73 Å². The lowest BCUT2D eigenvalue weighted by atomic mass is 10.2. The quantitative estimate of drug-likeness (QED) is 0.810. The van der Waals surface area contributed by atoms with Crippen LogP contribution in [0.5, 0.6) is 0 Å². The molecule has 0 aliphatic rings. The van der Waals surface area contributed by atoms with Gasteiger partial charge in [0.05, 0.1) is 18.1 Å². The third-order valence-corrected chi connectivity index (χ3v) is 2.05. The van der Waals surface area contributed by atoms with Gasteiger partial charge in [-0.25, -0.2) is 18.4 Å². The number of halogens is 2. The molecule has 0 fully saturated rings. The Kier molecular flexibility index (Phi) is 2.86. The lowest BCUT2D eigenvalue weighted by Crippen LogP contribution is -1.97. The minimum Gasteiger partial charge on any atom is -0.368 e. The van der Waals surface area contributed by atoms with Crippen LogP contribution < -0.4 is 5.73 Å². The average molecular weight is 236 g/mol. The second-order valence-electron chi connectivity index (χ2n) is 3.53. The topological polar surface area (TPSA) is 56.2 Å². The van der Waals surface area contributed by atoms with Crippen LogP contribution in [0.15, 0.2) is 29.5 Å². The number of hydrogen-bond acceptors (Lipinski definition) is 3. The third-order valence-electron chi connectivity index (χ3n) is 2.05. The molecule has 1 aromatic carbocycles. The van der Waals surface area contributed by atoms with E-state index in [9.17, 15) is 8.78 Å². The summed E-state index contributed by atoms with van der Waals surface area (Å²) in [5, 5.41) is 3.95. The molecule has 0 aliphatic heterocycles. The smallest absolute Gasteiger partial charge is 0.221 e. The number of rotatable bonds is 2. The molecule has 0 bridgehead atoms. The highest BCUT2D eigenvalue weighted by Gasteiger charge is 2.00. The first kappa shape index (κ1) is 11.3. The predicted octanol–water partition coefficient (Wildman–Crippen LogP) is 1.93. The number of aromatic nitrogens is 2. The molecule has 2 aromatic rings. The zero-order valence-electron chi connectivity index (χ0n) is 9.06. The summed E-state index contributed by atoms with van der Waals surface area (Å²) in [5.74, 6) is -1.09. The van der Waals surface area contributed by atoms with Crippen LogP contribution in [-0.4, -0.2) is 15.9 Å². The fourth-order valence-corrected chi connectivity index (χ4v) is 1.37. The number of anilines is 1. The van der Waals surface area contributed by atoms with E-state index in [-0.39, 0.29) is 5.95 Å². The molecule has 88 valence electrons. The Morgan fingerprint density at radius 3 is 2.47 bits per heavy atom. The van der Waals surface area contributed by atoms with Crippen molar-refractivity contribution in [3.8, 4) is 0 Å². The Morgan fingerprint density at radius 1 is 1.29 bits per heavy atom. The molecule has 2 rings (SSSR count). The number of nitrogen functional groups attached to an aromatic ring is 1. The molecular formula is C11H10F2N4. The number of imidazole rings is 1. The summed E-state index contributed by atoms with van der Waals surface area (Å²) in [6, 6.07) is 3.15. The third kappa shape index (κ3) is 2.66. The number of nitrogens with zero attached hydrogens (tertiary/aromatic N) is 3. The van der Waals surface area contributed by atoms with Crippen LogP contribution in [0.2, 0.25) is 0 Å². The summed E-state index contributed by atoms with van der Waals surface area (Å²) in [7, 11) is 0. The molecular weight excluding hydrogens is 226 g/mol. The molecule has 17 heavy (non-hydrogen) atoms. The van der Waals surface area contributed by atoms with Crippen molar-refractivity contribution in [2.45, 2.75) is 6.92 Å². The Labute approximate surface area is 96.4 Å². The van der Waals surface area contributed by atoms with Gasteiger partial charge in [0.2, 0.25) is 5.95 Å². The summed E-state index contributed by atoms with van der Waals surface area (Å²) >= 11 is 0. The van der Waals surface area contributed by atoms with Crippen molar-refractivity contribution in [2.24, 2.45) is 5.10 Å². The lowest BCUT2D eigenvalue weighted by molar-refractivity contribution is 0.583. The number of benzene rings is 1. The zero-order valence-corrected chi connectivity index (χ0v) is 9.06. The van der Waals surface area contributed by atoms with Gasteiger partial charge in [-0.05, 0) is 19.1 Å². The van der Waals surface area contributed by atoms with Crippen molar-refractivity contribution < 1.29 is 8.78 Å². The van der Waals surface area contributed by atoms with Gasteiger partial charge in [-0.1, -0.05) is 0 Å². The molecule has 4 nitrogen and oxygen atoms in total. The van der Waals surface area contributed by atoms with Gasteiger partial charge in [0.15, 0.2) is 0 Å². The number of aryl methyl sites for hydroxylation is 1. The number of nitrogens with two attached hydrogens (primary N) is 1. The molecule has 0 saturated heterocycles. The van der Waals surface area contributed by atoms with Gasteiger partial charge in [-0.2, -0.15) is 5.10 Å². The molecule has 0 aliphatic carbocycles. The molecule has 2 N–H and O–H groups in total. The first-order chi connectivity index (χ1) is 8.04. The largest absolute Gasteiger partial charge is 0.368 e. The van der Waals surface area contributed by atoms with Crippen LogP contribution in [0.4, 0.5) is 14.7 Å². The highest BCUT2D eigenvalue weighted by Crippen LogP contribution is 2.07. The van der Waals surface area contributed by atoms with Crippen molar-refractivity contribution in [3.63, 3.8) is 0 Å². The van der Waals surface area contributed by atoms with E-state index >= 15 is 0 Å². The second kappa shape index (κ2) is 4.32. The fraction of sp³-hybridized carbons (Fsp3) is 0.0909. The van der Waals surface area contributed by atoms with E-state index in [0.29, 0.717) is 11.3 Å². The molecule has 0 saturated carbocycles. The fourth-order valence-electron chi connectivity index (χ4n) is 1.37. The normalized spacial score (nSPS) is 11.2. The summed E-state index contributed by atoms with van der Waals surface area (Å²) in [5.41, 5.74) is 6.58. The van der Waals surface area contributed by atoms with E-state index in [1.807, 2.05) is 0 Å². The molecule has 6 heteroatoms. The molecule has 0 amide bonds.